The van der Waals surface area contributed by atoms with E-state index >= 15 is 0 Å². The van der Waals surface area contributed by atoms with Gasteiger partial charge in [0, 0.05) is 11.6 Å². The van der Waals surface area contributed by atoms with Gasteiger partial charge in [0.15, 0.2) is 5.78 Å². The number of carbonyl (C=O) groups is 1. The van der Waals surface area contributed by atoms with Gasteiger partial charge in [0.05, 0.1) is 5.56 Å². The number of aromatic hydroxyl groups is 1. The summed E-state index contributed by atoms with van der Waals surface area (Å²) < 4.78 is 0. The molecule has 0 radical (unpaired) electrons. The van der Waals surface area contributed by atoms with Crippen molar-refractivity contribution < 1.29 is 15.0 Å². The SMILES string of the molecule is Cc1ccc(/C(O)=C/C(=O)c2ccccc2C)c(O)c1. The summed E-state index contributed by atoms with van der Waals surface area (Å²) in [6.45, 7) is 3.67. The number of aryl methyl sites for hydroxylation is 2. The number of aliphatic hydroxyl groups excluding tert-OH is 1. The Bertz CT molecular complexity index is 684. The molecule has 0 bridgehead atoms. The topological polar surface area (TPSA) is 57.5 Å². The van der Waals surface area contributed by atoms with Crippen molar-refractivity contribution in [2.45, 2.75) is 13.8 Å². The Morgan fingerprint density at radius 2 is 1.75 bits per heavy atom. The van der Waals surface area contributed by atoms with Crippen LogP contribution in [0.25, 0.3) is 5.76 Å². The molecule has 2 N–H and O–H groups in total. The Morgan fingerprint density at radius 1 is 1.05 bits per heavy atom. The van der Waals surface area contributed by atoms with Crippen LogP contribution in [0.2, 0.25) is 0 Å². The predicted octanol–water partition coefficient (Wildman–Crippen LogP) is 3.79. The summed E-state index contributed by atoms with van der Waals surface area (Å²) in [5, 5.41) is 19.8. The van der Waals surface area contributed by atoms with Crippen LogP contribution in [-0.4, -0.2) is 16.0 Å². The highest BCUT2D eigenvalue weighted by Crippen LogP contribution is 2.25. The average molecular weight is 268 g/mol. The number of phenols is 1. The van der Waals surface area contributed by atoms with Gasteiger partial charge in [0.1, 0.15) is 11.5 Å². The lowest BCUT2D eigenvalue weighted by Gasteiger charge is -2.05. The molecule has 0 unspecified atom stereocenters. The molecule has 0 aliphatic heterocycles. The molecule has 0 aromatic heterocycles. The van der Waals surface area contributed by atoms with Crippen molar-refractivity contribution in [1.29, 1.82) is 0 Å². The molecule has 0 amide bonds. The fraction of sp³-hybridized carbons (Fsp3) is 0.118. The minimum absolute atomic E-state index is 0.0451. The number of carbonyl (C=O) groups excluding carboxylic acids is 1. The normalized spacial score (nSPS) is 11.4. The number of allylic oxidation sites excluding steroid dienone is 1. The molecule has 0 atom stereocenters. The molecule has 2 aromatic carbocycles. The molecule has 0 spiro atoms. The van der Waals surface area contributed by atoms with Gasteiger partial charge in [-0.25, -0.2) is 0 Å². The second-order valence-corrected chi connectivity index (χ2v) is 4.73. The lowest BCUT2D eigenvalue weighted by atomic mass is 10.0. The minimum atomic E-state index is -0.291. The maximum atomic E-state index is 12.1. The van der Waals surface area contributed by atoms with E-state index in [1.54, 1.807) is 24.3 Å². The van der Waals surface area contributed by atoms with Crippen molar-refractivity contribution in [2.75, 3.05) is 0 Å². The second-order valence-electron chi connectivity index (χ2n) is 4.73. The first-order valence-electron chi connectivity index (χ1n) is 6.29. The van der Waals surface area contributed by atoms with E-state index in [1.807, 2.05) is 26.0 Å². The van der Waals surface area contributed by atoms with Gasteiger partial charge in [-0.1, -0.05) is 30.3 Å². The zero-order valence-corrected chi connectivity index (χ0v) is 11.4. The fourth-order valence-electron chi connectivity index (χ4n) is 1.99. The Hall–Kier alpha value is -2.55. The smallest absolute Gasteiger partial charge is 0.189 e. The molecular formula is C17H16O3. The Balaban J connectivity index is 2.35. The van der Waals surface area contributed by atoms with E-state index in [0.717, 1.165) is 17.2 Å². The van der Waals surface area contributed by atoms with E-state index in [1.165, 1.54) is 6.07 Å². The highest BCUT2D eigenvalue weighted by atomic mass is 16.3. The number of hydrogen-bond acceptors (Lipinski definition) is 3. The van der Waals surface area contributed by atoms with Crippen LogP contribution in [0.5, 0.6) is 5.75 Å². The summed E-state index contributed by atoms with van der Waals surface area (Å²) in [4.78, 5) is 12.1. The van der Waals surface area contributed by atoms with Crippen LogP contribution >= 0.6 is 0 Å². The largest absolute Gasteiger partial charge is 0.507 e. The molecule has 102 valence electrons. The van der Waals surface area contributed by atoms with E-state index in [4.69, 9.17) is 0 Å². The molecule has 0 heterocycles. The van der Waals surface area contributed by atoms with Crippen molar-refractivity contribution in [3.05, 3.63) is 70.8 Å². The number of benzene rings is 2. The molecular weight excluding hydrogens is 252 g/mol. The second kappa shape index (κ2) is 5.61. The highest BCUT2D eigenvalue weighted by Gasteiger charge is 2.11. The standard InChI is InChI=1S/C17H16O3/c1-11-7-8-14(15(18)9-11)17(20)10-16(19)13-6-4-3-5-12(13)2/h3-10,18,20H,1-2H3/b17-10-. The first-order valence-corrected chi connectivity index (χ1v) is 6.29. The van der Waals surface area contributed by atoms with E-state index in [-0.39, 0.29) is 22.9 Å². The Morgan fingerprint density at radius 3 is 2.40 bits per heavy atom. The molecule has 20 heavy (non-hydrogen) atoms. The van der Waals surface area contributed by atoms with Crippen LogP contribution < -0.4 is 0 Å². The summed E-state index contributed by atoms with van der Waals surface area (Å²) in [6, 6.07) is 12.0. The first kappa shape index (κ1) is 13.9. The molecule has 0 fully saturated rings. The fourth-order valence-corrected chi connectivity index (χ4v) is 1.99. The summed E-state index contributed by atoms with van der Waals surface area (Å²) in [7, 11) is 0. The first-order chi connectivity index (χ1) is 9.49. The van der Waals surface area contributed by atoms with Crippen molar-refractivity contribution in [2.24, 2.45) is 0 Å². The van der Waals surface area contributed by atoms with E-state index in [9.17, 15) is 15.0 Å². The van der Waals surface area contributed by atoms with Crippen molar-refractivity contribution in [1.82, 2.24) is 0 Å². The number of aliphatic hydroxyl groups is 1. The van der Waals surface area contributed by atoms with Gasteiger partial charge in [-0.2, -0.15) is 0 Å². The maximum Gasteiger partial charge on any atom is 0.189 e. The minimum Gasteiger partial charge on any atom is -0.507 e. The van der Waals surface area contributed by atoms with Crippen LogP contribution in [0, 0.1) is 13.8 Å². The van der Waals surface area contributed by atoms with Gasteiger partial charge in [-0.15, -0.1) is 0 Å². The lowest BCUT2D eigenvalue weighted by molar-refractivity contribution is 0.104. The number of phenolic OH excluding ortho intramolecular Hbond substituents is 1. The quantitative estimate of drug-likeness (QED) is 0.506. The van der Waals surface area contributed by atoms with Crippen LogP contribution in [0.3, 0.4) is 0 Å². The molecule has 3 heteroatoms. The van der Waals surface area contributed by atoms with Crippen LogP contribution in [0.1, 0.15) is 27.0 Å². The van der Waals surface area contributed by atoms with Crippen LogP contribution in [0.4, 0.5) is 0 Å². The molecule has 3 nitrogen and oxygen atoms in total. The summed E-state index contributed by atoms with van der Waals surface area (Å²) in [5.41, 5.74) is 2.50. The highest BCUT2D eigenvalue weighted by molar-refractivity contribution is 6.08. The number of ketones is 1. The molecule has 0 saturated carbocycles. The van der Waals surface area contributed by atoms with Crippen molar-refractivity contribution in [3.8, 4) is 5.75 Å². The monoisotopic (exact) mass is 268 g/mol. The zero-order valence-electron chi connectivity index (χ0n) is 11.4. The Labute approximate surface area is 117 Å². The molecule has 2 aromatic rings. The average Bonchev–Trinajstić information content (AvgIpc) is 2.38. The predicted molar refractivity (Wildman–Crippen MR) is 79.0 cm³/mol. The summed E-state index contributed by atoms with van der Waals surface area (Å²) >= 11 is 0. The van der Waals surface area contributed by atoms with Gasteiger partial charge in [0.25, 0.3) is 0 Å². The molecule has 2 rings (SSSR count). The van der Waals surface area contributed by atoms with Crippen LogP contribution in [0.15, 0.2) is 48.5 Å². The zero-order chi connectivity index (χ0) is 14.7. The molecule has 0 saturated heterocycles. The third-order valence-corrected chi connectivity index (χ3v) is 3.11. The summed E-state index contributed by atoms with van der Waals surface area (Å²) in [6.07, 6.45) is 1.13. The van der Waals surface area contributed by atoms with Gasteiger partial charge >= 0.3 is 0 Å². The third kappa shape index (κ3) is 2.88. The van der Waals surface area contributed by atoms with Gasteiger partial charge in [-0.05, 0) is 37.1 Å². The van der Waals surface area contributed by atoms with Crippen molar-refractivity contribution in [3.63, 3.8) is 0 Å². The van der Waals surface area contributed by atoms with E-state index in [2.05, 4.69) is 0 Å². The van der Waals surface area contributed by atoms with Gasteiger partial charge < -0.3 is 10.2 Å². The third-order valence-electron chi connectivity index (χ3n) is 3.11. The maximum absolute atomic E-state index is 12.1. The van der Waals surface area contributed by atoms with Crippen molar-refractivity contribution >= 4 is 11.5 Å². The number of hydrogen-bond donors (Lipinski definition) is 2. The molecule has 0 aliphatic rings. The van der Waals surface area contributed by atoms with Gasteiger partial charge in [-0.3, -0.25) is 4.79 Å². The van der Waals surface area contributed by atoms with E-state index < -0.39 is 0 Å². The van der Waals surface area contributed by atoms with E-state index in [0.29, 0.717) is 5.56 Å². The van der Waals surface area contributed by atoms with Gasteiger partial charge in [0.2, 0.25) is 0 Å². The lowest BCUT2D eigenvalue weighted by Crippen LogP contribution is -1.99. The van der Waals surface area contributed by atoms with Crippen LogP contribution in [-0.2, 0) is 0 Å². The summed E-state index contributed by atoms with van der Waals surface area (Å²) in [5.74, 6) is -0.576. The molecule has 0 aliphatic carbocycles. The Kier molecular flexibility index (Phi) is 3.89. The number of rotatable bonds is 3.